The summed E-state index contributed by atoms with van der Waals surface area (Å²) in [7, 11) is 0. The number of aromatic nitrogens is 1. The number of hydrogen-bond acceptors (Lipinski definition) is 5. The second-order valence-electron chi connectivity index (χ2n) is 4.18. The second-order valence-corrected chi connectivity index (χ2v) is 4.58. The van der Waals surface area contributed by atoms with E-state index in [4.69, 9.17) is 25.5 Å². The lowest BCUT2D eigenvalue weighted by molar-refractivity contribution is -0.136. The van der Waals surface area contributed by atoms with Crippen molar-refractivity contribution in [1.29, 1.82) is 0 Å². The Morgan fingerprint density at radius 2 is 2.10 bits per heavy atom. The van der Waals surface area contributed by atoms with Gasteiger partial charge in [0.2, 0.25) is 0 Å². The molecule has 0 bridgehead atoms. The molecule has 1 heterocycles. The maximum atomic E-state index is 11.7. The molecule has 0 N–H and O–H groups in total. The number of fused-ring (bicyclic) bond motifs is 1. The number of esters is 1. The quantitative estimate of drug-likeness (QED) is 0.545. The summed E-state index contributed by atoms with van der Waals surface area (Å²) in [6.07, 6.45) is 1.33. The molecule has 1 aromatic heterocycles. The molecule has 0 atom stereocenters. The van der Waals surface area contributed by atoms with Gasteiger partial charge < -0.3 is 13.9 Å². The normalized spacial score (nSPS) is 10.5. The Morgan fingerprint density at radius 3 is 2.95 bits per heavy atom. The fraction of sp³-hybridized carbons (Fsp3) is 0.0667. The summed E-state index contributed by atoms with van der Waals surface area (Å²) in [6.45, 7) is -0.236. The van der Waals surface area contributed by atoms with Crippen LogP contribution >= 0.6 is 11.6 Å². The van der Waals surface area contributed by atoms with Gasteiger partial charge >= 0.3 is 5.97 Å². The van der Waals surface area contributed by atoms with Crippen LogP contribution in [0.4, 0.5) is 0 Å². The van der Waals surface area contributed by atoms with Crippen molar-refractivity contribution in [3.05, 3.63) is 53.9 Å². The number of benzene rings is 2. The lowest BCUT2D eigenvalue weighted by atomic mass is 10.3. The Morgan fingerprint density at radius 1 is 1.24 bits per heavy atom. The first kappa shape index (κ1) is 13.5. The van der Waals surface area contributed by atoms with Crippen LogP contribution in [0.2, 0.25) is 5.02 Å². The van der Waals surface area contributed by atoms with Crippen molar-refractivity contribution in [2.24, 2.45) is 0 Å². The van der Waals surface area contributed by atoms with Gasteiger partial charge in [-0.1, -0.05) is 23.7 Å². The molecule has 0 radical (unpaired) electrons. The SMILES string of the molecule is O=C(COc1ccccc1Cl)Oc1ccc2ocnc2c1. The van der Waals surface area contributed by atoms with Crippen molar-refractivity contribution in [2.75, 3.05) is 6.61 Å². The molecule has 0 aliphatic rings. The molecule has 5 nitrogen and oxygen atoms in total. The molecular formula is C15H10ClNO4. The van der Waals surface area contributed by atoms with E-state index < -0.39 is 5.97 Å². The van der Waals surface area contributed by atoms with Gasteiger partial charge in [-0.05, 0) is 24.3 Å². The Bertz CT molecular complexity index is 784. The summed E-state index contributed by atoms with van der Waals surface area (Å²) in [5.74, 6) is 0.282. The Balaban J connectivity index is 1.62. The highest BCUT2D eigenvalue weighted by molar-refractivity contribution is 6.32. The minimum absolute atomic E-state index is 0.236. The molecule has 0 spiro atoms. The molecule has 2 aromatic carbocycles. The van der Waals surface area contributed by atoms with Gasteiger partial charge in [-0.15, -0.1) is 0 Å². The van der Waals surface area contributed by atoms with Crippen LogP contribution in [0.15, 0.2) is 53.3 Å². The van der Waals surface area contributed by atoms with E-state index in [0.717, 1.165) is 0 Å². The highest BCUT2D eigenvalue weighted by Gasteiger charge is 2.09. The summed E-state index contributed by atoms with van der Waals surface area (Å²) < 4.78 is 15.6. The highest BCUT2D eigenvalue weighted by atomic mass is 35.5. The first-order chi connectivity index (χ1) is 10.2. The van der Waals surface area contributed by atoms with E-state index in [-0.39, 0.29) is 6.61 Å². The average Bonchev–Trinajstić information content (AvgIpc) is 2.94. The average molecular weight is 304 g/mol. The third kappa shape index (κ3) is 3.14. The molecular weight excluding hydrogens is 294 g/mol. The maximum absolute atomic E-state index is 11.7. The van der Waals surface area contributed by atoms with Crippen LogP contribution in [0.25, 0.3) is 11.1 Å². The number of para-hydroxylation sites is 1. The topological polar surface area (TPSA) is 61.6 Å². The van der Waals surface area contributed by atoms with E-state index in [9.17, 15) is 4.79 Å². The largest absolute Gasteiger partial charge is 0.480 e. The third-order valence-corrected chi connectivity index (χ3v) is 3.03. The molecule has 0 aliphatic heterocycles. The van der Waals surface area contributed by atoms with E-state index in [1.807, 2.05) is 0 Å². The summed E-state index contributed by atoms with van der Waals surface area (Å²) >= 11 is 5.92. The van der Waals surface area contributed by atoms with Crippen LogP contribution in [0.5, 0.6) is 11.5 Å². The molecule has 3 aromatic rings. The predicted molar refractivity (Wildman–Crippen MR) is 76.6 cm³/mol. The van der Waals surface area contributed by atoms with E-state index >= 15 is 0 Å². The van der Waals surface area contributed by atoms with Gasteiger partial charge in [-0.3, -0.25) is 0 Å². The van der Waals surface area contributed by atoms with Crippen molar-refractivity contribution in [3.8, 4) is 11.5 Å². The molecule has 0 amide bonds. The summed E-state index contributed by atoms with van der Waals surface area (Å²) in [5.41, 5.74) is 1.24. The number of ether oxygens (including phenoxy) is 2. The van der Waals surface area contributed by atoms with Crippen LogP contribution in [-0.2, 0) is 4.79 Å². The predicted octanol–water partition coefficient (Wildman–Crippen LogP) is 3.47. The lowest BCUT2D eigenvalue weighted by Gasteiger charge is -2.07. The molecule has 0 unspecified atom stereocenters. The second kappa shape index (κ2) is 5.85. The Kier molecular flexibility index (Phi) is 3.75. The van der Waals surface area contributed by atoms with Crippen molar-refractivity contribution in [3.63, 3.8) is 0 Å². The fourth-order valence-electron chi connectivity index (χ4n) is 1.76. The minimum Gasteiger partial charge on any atom is -0.480 e. The fourth-order valence-corrected chi connectivity index (χ4v) is 1.95. The zero-order chi connectivity index (χ0) is 14.7. The number of carbonyl (C=O) groups excluding carboxylic acids is 1. The smallest absolute Gasteiger partial charge is 0.349 e. The maximum Gasteiger partial charge on any atom is 0.349 e. The summed E-state index contributed by atoms with van der Waals surface area (Å²) in [5, 5.41) is 0.439. The molecule has 0 fully saturated rings. The van der Waals surface area contributed by atoms with E-state index in [2.05, 4.69) is 4.98 Å². The summed E-state index contributed by atoms with van der Waals surface area (Å²) in [6, 6.07) is 11.8. The van der Waals surface area contributed by atoms with Crippen molar-refractivity contribution >= 4 is 28.7 Å². The number of rotatable bonds is 4. The molecule has 0 saturated heterocycles. The van der Waals surface area contributed by atoms with Gasteiger partial charge in [0.05, 0.1) is 5.02 Å². The number of nitrogens with zero attached hydrogens (tertiary/aromatic N) is 1. The van der Waals surface area contributed by atoms with Crippen molar-refractivity contribution in [1.82, 2.24) is 4.98 Å². The zero-order valence-corrected chi connectivity index (χ0v) is 11.5. The Hall–Kier alpha value is -2.53. The van der Waals surface area contributed by atoms with Gasteiger partial charge in [-0.25, -0.2) is 9.78 Å². The third-order valence-electron chi connectivity index (χ3n) is 2.72. The molecule has 0 saturated carbocycles. The van der Waals surface area contributed by atoms with Crippen molar-refractivity contribution < 1.29 is 18.7 Å². The van der Waals surface area contributed by atoms with Gasteiger partial charge in [0, 0.05) is 6.07 Å². The molecule has 106 valence electrons. The number of carbonyl (C=O) groups is 1. The number of hydrogen-bond donors (Lipinski definition) is 0. The first-order valence-electron chi connectivity index (χ1n) is 6.13. The first-order valence-corrected chi connectivity index (χ1v) is 6.51. The zero-order valence-electron chi connectivity index (χ0n) is 10.8. The van der Waals surface area contributed by atoms with Gasteiger partial charge in [0.25, 0.3) is 0 Å². The van der Waals surface area contributed by atoms with Crippen LogP contribution in [0, 0.1) is 0 Å². The van der Waals surface area contributed by atoms with E-state index in [1.54, 1.807) is 42.5 Å². The molecule has 0 aliphatic carbocycles. The Labute approximate surface area is 125 Å². The highest BCUT2D eigenvalue weighted by Crippen LogP contribution is 2.23. The van der Waals surface area contributed by atoms with Crippen LogP contribution in [0.3, 0.4) is 0 Å². The monoisotopic (exact) mass is 303 g/mol. The van der Waals surface area contributed by atoms with Crippen LogP contribution in [0.1, 0.15) is 0 Å². The van der Waals surface area contributed by atoms with Gasteiger partial charge in [0.1, 0.15) is 17.0 Å². The molecule has 6 heteroatoms. The van der Waals surface area contributed by atoms with E-state index in [1.165, 1.54) is 6.39 Å². The molecule has 3 rings (SSSR count). The van der Waals surface area contributed by atoms with Gasteiger partial charge in [0.15, 0.2) is 18.6 Å². The van der Waals surface area contributed by atoms with E-state index in [0.29, 0.717) is 27.6 Å². The lowest BCUT2D eigenvalue weighted by Crippen LogP contribution is -2.17. The standard InChI is InChI=1S/C15H10ClNO4/c16-11-3-1-2-4-13(11)19-8-15(18)21-10-5-6-14-12(7-10)17-9-20-14/h1-7,9H,8H2. The number of oxazole rings is 1. The summed E-state index contributed by atoms with van der Waals surface area (Å²) in [4.78, 5) is 15.7. The molecule has 21 heavy (non-hydrogen) atoms. The van der Waals surface area contributed by atoms with Crippen LogP contribution in [-0.4, -0.2) is 17.6 Å². The number of halogens is 1. The van der Waals surface area contributed by atoms with Crippen LogP contribution < -0.4 is 9.47 Å². The van der Waals surface area contributed by atoms with Gasteiger partial charge in [-0.2, -0.15) is 0 Å². The van der Waals surface area contributed by atoms with Crippen molar-refractivity contribution in [2.45, 2.75) is 0 Å². The minimum atomic E-state index is -0.530.